The summed E-state index contributed by atoms with van der Waals surface area (Å²) in [6, 6.07) is 4.05. The van der Waals surface area contributed by atoms with Gasteiger partial charge in [0, 0.05) is 25.5 Å². The predicted octanol–water partition coefficient (Wildman–Crippen LogP) is 1.68. The number of nitrogens with zero attached hydrogens (tertiary/aromatic N) is 3. The summed E-state index contributed by atoms with van der Waals surface area (Å²) in [5.74, 6) is 0.952. The van der Waals surface area contributed by atoms with Crippen molar-refractivity contribution in [3.05, 3.63) is 30.1 Å². The molecule has 0 saturated heterocycles. The zero-order chi connectivity index (χ0) is 10.3. The summed E-state index contributed by atoms with van der Waals surface area (Å²) in [6.07, 6.45) is 3.87. The Bertz CT molecular complexity index is 480. The molecule has 0 aliphatic carbocycles. The second-order valence-corrected chi connectivity index (χ2v) is 3.79. The Kier molecular flexibility index (Phi) is 1.74. The fourth-order valence-electron chi connectivity index (χ4n) is 1.82. The number of imidazole rings is 1. The van der Waals surface area contributed by atoms with Gasteiger partial charge in [-0.15, -0.1) is 0 Å². The molecule has 2 aromatic heterocycles. The Morgan fingerprint density at radius 2 is 2.33 bits per heavy atom. The van der Waals surface area contributed by atoms with Gasteiger partial charge in [-0.3, -0.25) is 4.98 Å². The topological polar surface area (TPSA) is 42.7 Å². The van der Waals surface area contributed by atoms with Crippen molar-refractivity contribution in [3.8, 4) is 11.4 Å². The molecule has 3 heterocycles. The Hall–Kier alpha value is -1.84. The fourth-order valence-corrected chi connectivity index (χ4v) is 1.82. The van der Waals surface area contributed by atoms with Crippen LogP contribution in [0, 0.1) is 6.92 Å². The van der Waals surface area contributed by atoms with Crippen LogP contribution in [0.4, 0.5) is 5.95 Å². The van der Waals surface area contributed by atoms with E-state index in [1.165, 1.54) is 5.56 Å². The first-order chi connectivity index (χ1) is 7.33. The number of aryl methyl sites for hydroxylation is 1. The monoisotopic (exact) mass is 200 g/mol. The van der Waals surface area contributed by atoms with Crippen LogP contribution in [0.1, 0.15) is 5.56 Å². The van der Waals surface area contributed by atoms with E-state index in [0.29, 0.717) is 0 Å². The minimum atomic E-state index is 0.943. The highest BCUT2D eigenvalue weighted by Gasteiger charge is 2.14. The van der Waals surface area contributed by atoms with E-state index in [9.17, 15) is 0 Å². The van der Waals surface area contributed by atoms with Crippen molar-refractivity contribution in [2.24, 2.45) is 0 Å². The van der Waals surface area contributed by atoms with Crippen molar-refractivity contribution in [1.82, 2.24) is 14.5 Å². The lowest BCUT2D eigenvalue weighted by atomic mass is 10.2. The van der Waals surface area contributed by atoms with Crippen LogP contribution < -0.4 is 5.32 Å². The molecule has 0 amide bonds. The van der Waals surface area contributed by atoms with Gasteiger partial charge in [-0.2, -0.15) is 0 Å². The fraction of sp³-hybridized carbons (Fsp3) is 0.273. The number of hydrogen-bond acceptors (Lipinski definition) is 3. The lowest BCUT2D eigenvalue weighted by Crippen LogP contribution is -1.95. The molecule has 4 heteroatoms. The van der Waals surface area contributed by atoms with E-state index < -0.39 is 0 Å². The van der Waals surface area contributed by atoms with Crippen LogP contribution in [-0.2, 0) is 6.54 Å². The molecule has 0 radical (unpaired) electrons. The molecule has 0 atom stereocenters. The predicted molar refractivity (Wildman–Crippen MR) is 58.7 cm³/mol. The minimum Gasteiger partial charge on any atom is -0.354 e. The molecule has 0 unspecified atom stereocenters. The first-order valence-electron chi connectivity index (χ1n) is 5.07. The Morgan fingerprint density at radius 3 is 3.13 bits per heavy atom. The Morgan fingerprint density at radius 1 is 1.40 bits per heavy atom. The van der Waals surface area contributed by atoms with Crippen LogP contribution >= 0.6 is 0 Å². The van der Waals surface area contributed by atoms with Crippen molar-refractivity contribution >= 4 is 5.95 Å². The third-order valence-corrected chi connectivity index (χ3v) is 2.59. The molecule has 1 aliphatic rings. The Balaban J connectivity index is 2.06. The van der Waals surface area contributed by atoms with Crippen LogP contribution in [0.2, 0.25) is 0 Å². The van der Waals surface area contributed by atoms with Crippen LogP contribution in [-0.4, -0.2) is 21.1 Å². The summed E-state index contributed by atoms with van der Waals surface area (Å²) in [5, 5.41) is 3.23. The maximum absolute atomic E-state index is 4.49. The summed E-state index contributed by atoms with van der Waals surface area (Å²) in [4.78, 5) is 8.81. The molecular weight excluding hydrogens is 188 g/mol. The van der Waals surface area contributed by atoms with E-state index in [0.717, 1.165) is 30.4 Å². The van der Waals surface area contributed by atoms with E-state index in [2.05, 4.69) is 39.0 Å². The van der Waals surface area contributed by atoms with Gasteiger partial charge in [-0.05, 0) is 24.6 Å². The average molecular weight is 200 g/mol. The van der Waals surface area contributed by atoms with Crippen LogP contribution in [0.25, 0.3) is 11.4 Å². The molecule has 0 aromatic carbocycles. The van der Waals surface area contributed by atoms with E-state index in [1.807, 2.05) is 12.3 Å². The number of aromatic nitrogens is 3. The minimum absolute atomic E-state index is 0.943. The lowest BCUT2D eigenvalue weighted by Gasteiger charge is -1.97. The SMILES string of the molecule is Cc1ccnc(-c2cn3c(n2)NCC3)c1. The van der Waals surface area contributed by atoms with Crippen molar-refractivity contribution in [2.45, 2.75) is 13.5 Å². The maximum Gasteiger partial charge on any atom is 0.203 e. The summed E-state index contributed by atoms with van der Waals surface area (Å²) in [5.41, 5.74) is 3.10. The van der Waals surface area contributed by atoms with Gasteiger partial charge < -0.3 is 9.88 Å². The molecule has 3 rings (SSSR count). The number of rotatable bonds is 1. The zero-order valence-electron chi connectivity index (χ0n) is 8.57. The van der Waals surface area contributed by atoms with E-state index in [1.54, 1.807) is 0 Å². The number of hydrogen-bond donors (Lipinski definition) is 1. The van der Waals surface area contributed by atoms with E-state index in [4.69, 9.17) is 0 Å². The summed E-state index contributed by atoms with van der Waals surface area (Å²) in [6.45, 7) is 4.03. The van der Waals surface area contributed by atoms with Gasteiger partial charge in [-0.25, -0.2) is 4.98 Å². The summed E-state index contributed by atoms with van der Waals surface area (Å²) in [7, 11) is 0. The molecule has 4 nitrogen and oxygen atoms in total. The smallest absolute Gasteiger partial charge is 0.203 e. The van der Waals surface area contributed by atoms with Gasteiger partial charge in [0.1, 0.15) is 5.69 Å². The zero-order valence-corrected chi connectivity index (χ0v) is 8.57. The van der Waals surface area contributed by atoms with Gasteiger partial charge in [0.05, 0.1) is 5.69 Å². The molecule has 0 fully saturated rings. The lowest BCUT2D eigenvalue weighted by molar-refractivity contribution is 0.810. The number of fused-ring (bicyclic) bond motifs is 1. The van der Waals surface area contributed by atoms with Gasteiger partial charge >= 0.3 is 0 Å². The summed E-state index contributed by atoms with van der Waals surface area (Å²) < 4.78 is 2.12. The second kappa shape index (κ2) is 3.08. The standard InChI is InChI=1S/C11H12N4/c1-8-2-3-12-9(6-8)10-7-15-5-4-13-11(15)14-10/h2-3,6-7H,4-5H2,1H3,(H,13,14). The molecule has 1 N–H and O–H groups in total. The first-order valence-corrected chi connectivity index (χ1v) is 5.07. The normalized spacial score (nSPS) is 13.7. The molecule has 76 valence electrons. The second-order valence-electron chi connectivity index (χ2n) is 3.79. The molecule has 0 spiro atoms. The number of anilines is 1. The van der Waals surface area contributed by atoms with Gasteiger partial charge in [-0.1, -0.05) is 0 Å². The van der Waals surface area contributed by atoms with Crippen molar-refractivity contribution < 1.29 is 0 Å². The quantitative estimate of drug-likeness (QED) is 0.761. The number of nitrogens with one attached hydrogen (secondary N) is 1. The first kappa shape index (κ1) is 8.47. The molecular formula is C11H12N4. The highest BCUT2D eigenvalue weighted by Crippen LogP contribution is 2.21. The summed E-state index contributed by atoms with van der Waals surface area (Å²) >= 11 is 0. The average Bonchev–Trinajstić information content (AvgIpc) is 2.76. The molecule has 0 bridgehead atoms. The third-order valence-electron chi connectivity index (χ3n) is 2.59. The van der Waals surface area contributed by atoms with Gasteiger partial charge in [0.2, 0.25) is 5.95 Å². The van der Waals surface area contributed by atoms with Crippen molar-refractivity contribution in [2.75, 3.05) is 11.9 Å². The third kappa shape index (κ3) is 1.38. The van der Waals surface area contributed by atoms with Gasteiger partial charge in [0.25, 0.3) is 0 Å². The van der Waals surface area contributed by atoms with E-state index in [-0.39, 0.29) is 0 Å². The molecule has 0 saturated carbocycles. The van der Waals surface area contributed by atoms with Crippen LogP contribution in [0.3, 0.4) is 0 Å². The molecule has 2 aromatic rings. The van der Waals surface area contributed by atoms with Crippen molar-refractivity contribution in [3.63, 3.8) is 0 Å². The largest absolute Gasteiger partial charge is 0.354 e. The number of pyridine rings is 1. The van der Waals surface area contributed by atoms with Crippen LogP contribution in [0.15, 0.2) is 24.5 Å². The van der Waals surface area contributed by atoms with Crippen LogP contribution in [0.5, 0.6) is 0 Å². The van der Waals surface area contributed by atoms with E-state index >= 15 is 0 Å². The highest BCUT2D eigenvalue weighted by atomic mass is 15.3. The Labute approximate surface area is 88.0 Å². The van der Waals surface area contributed by atoms with Gasteiger partial charge in [0.15, 0.2) is 0 Å². The highest BCUT2D eigenvalue weighted by molar-refractivity contribution is 5.57. The van der Waals surface area contributed by atoms with Crippen molar-refractivity contribution in [1.29, 1.82) is 0 Å². The molecule has 1 aliphatic heterocycles. The maximum atomic E-state index is 4.49. The molecule has 15 heavy (non-hydrogen) atoms.